The number of aliphatic hydroxyl groups excluding tert-OH is 1. The van der Waals surface area contributed by atoms with Gasteiger partial charge in [0.25, 0.3) is 0 Å². The summed E-state index contributed by atoms with van der Waals surface area (Å²) in [6, 6.07) is 0. The molecule has 0 aliphatic heterocycles. The van der Waals surface area contributed by atoms with Gasteiger partial charge in [-0.25, -0.2) is 4.79 Å². The Balaban J connectivity index is 2.19. The molecule has 100 valence electrons. The molecule has 0 saturated heterocycles. The van der Waals surface area contributed by atoms with Crippen LogP contribution in [0.2, 0.25) is 0 Å². The van der Waals surface area contributed by atoms with Crippen molar-refractivity contribution in [1.29, 1.82) is 0 Å². The van der Waals surface area contributed by atoms with Gasteiger partial charge >= 0.3 is 12.3 Å². The summed E-state index contributed by atoms with van der Waals surface area (Å²) in [5.74, 6) is -0.0952. The third-order valence-electron chi connectivity index (χ3n) is 2.74. The van der Waals surface area contributed by atoms with Crippen molar-refractivity contribution in [1.82, 2.24) is 5.32 Å². The van der Waals surface area contributed by atoms with Crippen LogP contribution in [0.5, 0.6) is 0 Å². The summed E-state index contributed by atoms with van der Waals surface area (Å²) in [5, 5.41) is 11.8. The van der Waals surface area contributed by atoms with Crippen molar-refractivity contribution in [3.63, 3.8) is 0 Å². The molecule has 17 heavy (non-hydrogen) atoms. The van der Waals surface area contributed by atoms with Crippen molar-refractivity contribution >= 4 is 6.09 Å². The fraction of sp³-hybridized carbons (Fsp3) is 0.900. The summed E-state index contributed by atoms with van der Waals surface area (Å²) in [4.78, 5) is 10.9. The lowest BCUT2D eigenvalue weighted by Gasteiger charge is -2.27. The number of carbonyl (C=O) groups is 1. The van der Waals surface area contributed by atoms with Gasteiger partial charge in [-0.3, -0.25) is 0 Å². The van der Waals surface area contributed by atoms with Crippen LogP contribution >= 0.6 is 0 Å². The van der Waals surface area contributed by atoms with E-state index < -0.39 is 25.0 Å². The van der Waals surface area contributed by atoms with Gasteiger partial charge in [0.15, 0.2) is 6.61 Å². The van der Waals surface area contributed by atoms with Crippen molar-refractivity contribution in [3.05, 3.63) is 0 Å². The number of aliphatic hydroxyl groups is 1. The number of carbonyl (C=O) groups excluding carboxylic acids is 1. The monoisotopic (exact) mass is 255 g/mol. The molecule has 0 bridgehead atoms. The predicted octanol–water partition coefficient (Wildman–Crippen LogP) is 1.83. The highest BCUT2D eigenvalue weighted by atomic mass is 19.4. The fourth-order valence-corrected chi connectivity index (χ4v) is 1.84. The highest BCUT2D eigenvalue weighted by Gasteiger charge is 2.30. The fourth-order valence-electron chi connectivity index (χ4n) is 1.84. The lowest BCUT2D eigenvalue weighted by molar-refractivity contribution is -0.160. The van der Waals surface area contributed by atoms with E-state index in [1.807, 2.05) is 0 Å². The number of ether oxygens (including phenoxy) is 1. The maximum Gasteiger partial charge on any atom is 0.422 e. The third-order valence-corrected chi connectivity index (χ3v) is 2.74. The average Bonchev–Trinajstić information content (AvgIpc) is 2.24. The van der Waals surface area contributed by atoms with Gasteiger partial charge in [-0.2, -0.15) is 13.2 Å². The minimum absolute atomic E-state index is 0.0952. The Kier molecular flexibility index (Phi) is 5.04. The van der Waals surface area contributed by atoms with E-state index in [0.717, 1.165) is 19.3 Å². The number of alkyl carbamates (subject to hydrolysis) is 1. The van der Waals surface area contributed by atoms with E-state index in [-0.39, 0.29) is 12.5 Å². The molecule has 1 rings (SSSR count). The molecule has 7 heteroatoms. The SMILES string of the molecule is O=C(NCC1CCCCC1O)OCC(F)(F)F. The summed E-state index contributed by atoms with van der Waals surface area (Å²) in [5.41, 5.74) is 0. The molecular weight excluding hydrogens is 239 g/mol. The molecule has 1 fully saturated rings. The van der Waals surface area contributed by atoms with E-state index >= 15 is 0 Å². The zero-order valence-electron chi connectivity index (χ0n) is 9.29. The second-order valence-corrected chi connectivity index (χ2v) is 4.18. The van der Waals surface area contributed by atoms with Crippen molar-refractivity contribution in [3.8, 4) is 0 Å². The second kappa shape index (κ2) is 6.09. The van der Waals surface area contributed by atoms with Crippen LogP contribution in [0, 0.1) is 5.92 Å². The Morgan fingerprint density at radius 1 is 1.35 bits per heavy atom. The lowest BCUT2D eigenvalue weighted by Crippen LogP contribution is -2.37. The Labute approximate surface area is 97.1 Å². The van der Waals surface area contributed by atoms with Crippen molar-refractivity contribution < 1.29 is 27.8 Å². The van der Waals surface area contributed by atoms with Gasteiger partial charge in [-0.1, -0.05) is 12.8 Å². The van der Waals surface area contributed by atoms with Crippen LogP contribution in [0.3, 0.4) is 0 Å². The quantitative estimate of drug-likeness (QED) is 0.808. The first-order valence-corrected chi connectivity index (χ1v) is 5.54. The molecule has 2 atom stereocenters. The van der Waals surface area contributed by atoms with Crippen LogP contribution in [0.25, 0.3) is 0 Å². The summed E-state index contributed by atoms with van der Waals surface area (Å²) in [6.07, 6.45) is -2.77. The molecule has 0 aromatic rings. The number of nitrogens with one attached hydrogen (secondary N) is 1. The smallest absolute Gasteiger partial charge is 0.422 e. The van der Waals surface area contributed by atoms with Crippen LogP contribution in [0.15, 0.2) is 0 Å². The highest BCUT2D eigenvalue weighted by Crippen LogP contribution is 2.23. The Morgan fingerprint density at radius 3 is 2.59 bits per heavy atom. The Morgan fingerprint density at radius 2 is 2.00 bits per heavy atom. The lowest BCUT2D eigenvalue weighted by atomic mass is 9.86. The number of amides is 1. The summed E-state index contributed by atoms with van der Waals surface area (Å²) in [6.45, 7) is -1.44. The molecule has 2 unspecified atom stereocenters. The van der Waals surface area contributed by atoms with Crippen LogP contribution in [0.1, 0.15) is 25.7 Å². The maximum atomic E-state index is 11.7. The number of rotatable bonds is 3. The normalized spacial score (nSPS) is 25.4. The standard InChI is InChI=1S/C10H16F3NO3/c11-10(12,13)6-17-9(16)14-5-7-3-1-2-4-8(7)15/h7-8,15H,1-6H2,(H,14,16). The van der Waals surface area contributed by atoms with E-state index in [1.165, 1.54) is 0 Å². The topological polar surface area (TPSA) is 58.6 Å². The van der Waals surface area contributed by atoms with Crippen molar-refractivity contribution in [2.75, 3.05) is 13.2 Å². The molecule has 1 saturated carbocycles. The molecule has 0 heterocycles. The first kappa shape index (κ1) is 14.1. The van der Waals surface area contributed by atoms with Crippen LogP contribution < -0.4 is 5.32 Å². The Hall–Kier alpha value is -0.980. The molecule has 0 radical (unpaired) electrons. The molecular formula is C10H16F3NO3. The number of hydrogen-bond acceptors (Lipinski definition) is 3. The van der Waals surface area contributed by atoms with E-state index in [4.69, 9.17) is 0 Å². The first-order valence-electron chi connectivity index (χ1n) is 5.54. The average molecular weight is 255 g/mol. The van der Waals surface area contributed by atoms with Gasteiger partial charge in [0.2, 0.25) is 0 Å². The van der Waals surface area contributed by atoms with E-state index in [1.54, 1.807) is 0 Å². The molecule has 0 aromatic heterocycles. The van der Waals surface area contributed by atoms with Crippen molar-refractivity contribution in [2.45, 2.75) is 38.0 Å². The van der Waals surface area contributed by atoms with Gasteiger partial charge in [-0.05, 0) is 12.8 Å². The minimum Gasteiger partial charge on any atom is -0.440 e. The van der Waals surface area contributed by atoms with Crippen LogP contribution in [-0.4, -0.2) is 36.6 Å². The molecule has 0 aromatic carbocycles. The molecule has 1 amide bonds. The molecule has 2 N–H and O–H groups in total. The van der Waals surface area contributed by atoms with Gasteiger partial charge in [0, 0.05) is 12.5 Å². The molecule has 4 nitrogen and oxygen atoms in total. The second-order valence-electron chi connectivity index (χ2n) is 4.18. The Bertz CT molecular complexity index is 258. The third kappa shape index (κ3) is 5.76. The number of halogens is 3. The van der Waals surface area contributed by atoms with E-state index in [9.17, 15) is 23.1 Å². The maximum absolute atomic E-state index is 11.7. The van der Waals surface area contributed by atoms with Gasteiger partial charge in [0.1, 0.15) is 0 Å². The van der Waals surface area contributed by atoms with E-state index in [2.05, 4.69) is 10.1 Å². The number of hydrogen-bond donors (Lipinski definition) is 2. The van der Waals surface area contributed by atoms with Crippen LogP contribution in [-0.2, 0) is 4.74 Å². The highest BCUT2D eigenvalue weighted by molar-refractivity contribution is 5.67. The molecule has 1 aliphatic carbocycles. The van der Waals surface area contributed by atoms with Gasteiger partial charge in [-0.15, -0.1) is 0 Å². The van der Waals surface area contributed by atoms with Gasteiger partial charge in [0.05, 0.1) is 6.10 Å². The summed E-state index contributed by atoms with van der Waals surface area (Å²) < 4.78 is 39.2. The zero-order chi connectivity index (χ0) is 12.9. The summed E-state index contributed by atoms with van der Waals surface area (Å²) >= 11 is 0. The predicted molar refractivity (Wildman–Crippen MR) is 53.4 cm³/mol. The first-order chi connectivity index (χ1) is 7.88. The van der Waals surface area contributed by atoms with E-state index in [0.29, 0.717) is 6.42 Å². The molecule has 1 aliphatic rings. The van der Waals surface area contributed by atoms with Crippen LogP contribution in [0.4, 0.5) is 18.0 Å². The zero-order valence-corrected chi connectivity index (χ0v) is 9.29. The molecule has 0 spiro atoms. The minimum atomic E-state index is -4.51. The number of alkyl halides is 3. The largest absolute Gasteiger partial charge is 0.440 e. The van der Waals surface area contributed by atoms with Gasteiger partial charge < -0.3 is 15.2 Å². The van der Waals surface area contributed by atoms with Crippen molar-refractivity contribution in [2.24, 2.45) is 5.92 Å². The summed E-state index contributed by atoms with van der Waals surface area (Å²) in [7, 11) is 0.